The van der Waals surface area contributed by atoms with Crippen molar-refractivity contribution >= 4 is 23.8 Å². The number of pyridine rings is 1. The Hall–Kier alpha value is -2.57. The zero-order valence-electron chi connectivity index (χ0n) is 15.9. The quantitative estimate of drug-likeness (QED) is 0.795. The lowest BCUT2D eigenvalue weighted by Crippen LogP contribution is -2.41. The van der Waals surface area contributed by atoms with E-state index >= 15 is 0 Å². The number of piperidine rings is 1. The summed E-state index contributed by atoms with van der Waals surface area (Å²) in [6.45, 7) is 6.56. The molecule has 7 heteroatoms. The van der Waals surface area contributed by atoms with Gasteiger partial charge in [-0.05, 0) is 61.8 Å². The van der Waals surface area contributed by atoms with E-state index in [1.165, 1.54) is 25.3 Å². The van der Waals surface area contributed by atoms with Crippen LogP contribution in [0.5, 0.6) is 0 Å². The molecule has 7 nitrogen and oxygen atoms in total. The number of hydrogen-bond donors (Lipinski definition) is 2. The Morgan fingerprint density at radius 2 is 1.93 bits per heavy atom. The number of rotatable bonds is 3. The second kappa shape index (κ2) is 8.88. The van der Waals surface area contributed by atoms with Crippen LogP contribution >= 0.6 is 0 Å². The van der Waals surface area contributed by atoms with Crippen LogP contribution in [0.3, 0.4) is 0 Å². The highest BCUT2D eigenvalue weighted by Crippen LogP contribution is 2.45. The second-order valence-corrected chi connectivity index (χ2v) is 7.38. The van der Waals surface area contributed by atoms with E-state index in [0.717, 1.165) is 43.6 Å². The molecule has 0 bridgehead atoms. The fourth-order valence-electron chi connectivity index (χ4n) is 3.58. The van der Waals surface area contributed by atoms with Crippen molar-refractivity contribution in [3.05, 3.63) is 30.0 Å². The lowest BCUT2D eigenvalue weighted by molar-refractivity contribution is -0.116. The van der Waals surface area contributed by atoms with Gasteiger partial charge in [0.2, 0.25) is 5.91 Å². The summed E-state index contributed by atoms with van der Waals surface area (Å²) in [6, 6.07) is 3.81. The van der Waals surface area contributed by atoms with Crippen LogP contribution in [0.2, 0.25) is 0 Å². The molecule has 1 aliphatic carbocycles. The van der Waals surface area contributed by atoms with Crippen molar-refractivity contribution in [3.63, 3.8) is 0 Å². The van der Waals surface area contributed by atoms with E-state index in [0.29, 0.717) is 18.4 Å². The molecule has 0 radical (unpaired) electrons. The van der Waals surface area contributed by atoms with Crippen molar-refractivity contribution < 1.29 is 9.59 Å². The number of likely N-dealkylation sites (tertiary alicyclic amines) is 2. The number of amides is 3. The summed E-state index contributed by atoms with van der Waals surface area (Å²) in [6.07, 6.45) is 8.56. The first kappa shape index (κ1) is 19.2. The summed E-state index contributed by atoms with van der Waals surface area (Å²) >= 11 is 0. The third-order valence-corrected chi connectivity index (χ3v) is 5.21. The van der Waals surface area contributed by atoms with E-state index in [-0.39, 0.29) is 5.91 Å². The van der Waals surface area contributed by atoms with Crippen molar-refractivity contribution in [1.82, 2.24) is 20.1 Å². The Morgan fingerprint density at radius 1 is 1.22 bits per heavy atom. The maximum absolute atomic E-state index is 11.9. The highest BCUT2D eigenvalue weighted by molar-refractivity contribution is 5.91. The van der Waals surface area contributed by atoms with Crippen LogP contribution in [-0.2, 0) is 4.79 Å². The summed E-state index contributed by atoms with van der Waals surface area (Å²) in [4.78, 5) is 30.9. The van der Waals surface area contributed by atoms with E-state index < -0.39 is 0 Å². The molecule has 4 rings (SSSR count). The summed E-state index contributed by atoms with van der Waals surface area (Å²) in [5.41, 5.74) is 6.27. The molecule has 0 spiro atoms. The molecule has 1 saturated carbocycles. The number of likely N-dealkylation sites (N-methyl/N-ethyl adjacent to an activating group) is 1. The number of carbonyl (C=O) groups is 2. The van der Waals surface area contributed by atoms with Crippen LogP contribution in [0.15, 0.2) is 24.4 Å². The number of urea groups is 1. The first-order chi connectivity index (χ1) is 13.1. The van der Waals surface area contributed by atoms with Gasteiger partial charge in [-0.3, -0.25) is 4.79 Å². The zero-order valence-corrected chi connectivity index (χ0v) is 15.9. The van der Waals surface area contributed by atoms with E-state index in [1.54, 1.807) is 24.4 Å². The normalized spacial score (nSPS) is 23.0. The fourth-order valence-corrected chi connectivity index (χ4v) is 3.58. The molecule has 146 valence electrons. The zero-order chi connectivity index (χ0) is 19.2. The van der Waals surface area contributed by atoms with E-state index in [4.69, 9.17) is 5.73 Å². The number of hydrogen-bond acceptors (Lipinski definition) is 4. The molecule has 0 aromatic carbocycles. The Balaban J connectivity index is 0.000000156. The largest absolute Gasteiger partial charge is 0.384 e. The number of aromatic nitrogens is 1. The molecule has 2 atom stereocenters. The molecule has 3 amide bonds. The lowest BCUT2D eigenvalue weighted by atomic mass is 10.2. The maximum atomic E-state index is 11.9. The maximum Gasteiger partial charge on any atom is 0.320 e. The third kappa shape index (κ3) is 5.45. The van der Waals surface area contributed by atoms with Crippen molar-refractivity contribution in [2.24, 2.45) is 11.8 Å². The van der Waals surface area contributed by atoms with Crippen molar-refractivity contribution in [2.75, 3.05) is 38.5 Å². The molecule has 27 heavy (non-hydrogen) atoms. The van der Waals surface area contributed by atoms with E-state index in [1.807, 2.05) is 11.8 Å². The molecule has 1 aromatic heterocycles. The first-order valence-corrected chi connectivity index (χ1v) is 9.78. The van der Waals surface area contributed by atoms with Crippen LogP contribution in [0.1, 0.15) is 31.7 Å². The Bertz CT molecular complexity index is 672. The number of carbonyl (C=O) groups excluding carboxylic acids is 2. The lowest BCUT2D eigenvalue weighted by Gasteiger charge is -2.24. The fraction of sp³-hybridized carbons (Fsp3) is 0.550. The minimum absolute atomic E-state index is 0.107. The van der Waals surface area contributed by atoms with Gasteiger partial charge in [0.15, 0.2) is 0 Å². The number of nitrogens with two attached hydrogens (primary N) is 1. The molecule has 2 aliphatic heterocycles. The molecule has 2 saturated heterocycles. The van der Waals surface area contributed by atoms with Gasteiger partial charge in [0.25, 0.3) is 0 Å². The SMILES string of the molecule is CCNC(=O)/C=C/c1ccc(N)nc1.O=C(N1CCCC1)N1CC2CC2C1. The summed E-state index contributed by atoms with van der Waals surface area (Å²) in [5, 5.41) is 2.66. The average Bonchev–Trinajstić information content (AvgIpc) is 3.06. The van der Waals surface area contributed by atoms with Gasteiger partial charge in [0, 0.05) is 45.0 Å². The van der Waals surface area contributed by atoms with E-state index in [2.05, 4.69) is 15.2 Å². The molecule has 3 aliphatic rings. The van der Waals surface area contributed by atoms with Crippen molar-refractivity contribution in [3.8, 4) is 0 Å². The third-order valence-electron chi connectivity index (χ3n) is 5.21. The van der Waals surface area contributed by atoms with Crippen LogP contribution in [0.25, 0.3) is 6.08 Å². The van der Waals surface area contributed by atoms with Crippen LogP contribution < -0.4 is 11.1 Å². The van der Waals surface area contributed by atoms with Gasteiger partial charge in [0.05, 0.1) is 0 Å². The van der Waals surface area contributed by atoms with Gasteiger partial charge in [-0.15, -0.1) is 0 Å². The molecule has 3 heterocycles. The van der Waals surface area contributed by atoms with E-state index in [9.17, 15) is 9.59 Å². The number of fused-ring (bicyclic) bond motifs is 1. The van der Waals surface area contributed by atoms with Crippen molar-refractivity contribution in [2.45, 2.75) is 26.2 Å². The number of nitrogens with zero attached hydrogens (tertiary/aromatic N) is 3. The van der Waals surface area contributed by atoms with Gasteiger partial charge >= 0.3 is 6.03 Å². The molecular formula is C20H29N5O2. The highest BCUT2D eigenvalue weighted by Gasteiger charge is 2.47. The predicted octanol–water partition coefficient (Wildman–Crippen LogP) is 1.97. The van der Waals surface area contributed by atoms with Gasteiger partial charge < -0.3 is 20.9 Å². The Morgan fingerprint density at radius 3 is 2.52 bits per heavy atom. The summed E-state index contributed by atoms with van der Waals surface area (Å²) < 4.78 is 0. The molecular weight excluding hydrogens is 342 g/mol. The second-order valence-electron chi connectivity index (χ2n) is 7.38. The van der Waals surface area contributed by atoms with Crippen LogP contribution in [0.4, 0.5) is 10.6 Å². The van der Waals surface area contributed by atoms with Crippen LogP contribution in [-0.4, -0.2) is 59.4 Å². The number of nitrogen functional groups attached to an aromatic ring is 1. The van der Waals surface area contributed by atoms with Gasteiger partial charge in [-0.1, -0.05) is 0 Å². The smallest absolute Gasteiger partial charge is 0.320 e. The predicted molar refractivity (Wildman–Crippen MR) is 106 cm³/mol. The summed E-state index contributed by atoms with van der Waals surface area (Å²) in [5.74, 6) is 2.10. The van der Waals surface area contributed by atoms with Crippen molar-refractivity contribution in [1.29, 1.82) is 0 Å². The molecule has 3 N–H and O–H groups in total. The minimum Gasteiger partial charge on any atom is -0.384 e. The number of anilines is 1. The van der Waals surface area contributed by atoms with Crippen LogP contribution in [0, 0.1) is 11.8 Å². The topological polar surface area (TPSA) is 91.6 Å². The average molecular weight is 371 g/mol. The van der Waals surface area contributed by atoms with Gasteiger partial charge in [-0.2, -0.15) is 0 Å². The minimum atomic E-state index is -0.107. The standard InChI is InChI=1S/C10H13N3O.C10H16N2O/c1-2-12-10(14)6-4-8-3-5-9(11)13-7-8;13-10(11-3-1-2-4-11)12-6-8-5-9(8)7-12/h3-7H,2H2,1H3,(H2,11,13)(H,12,14);8-9H,1-7H2/b6-4+;. The first-order valence-electron chi connectivity index (χ1n) is 9.78. The Kier molecular flexibility index (Phi) is 6.32. The van der Waals surface area contributed by atoms with Gasteiger partial charge in [-0.25, -0.2) is 9.78 Å². The monoisotopic (exact) mass is 371 g/mol. The number of nitrogens with one attached hydrogen (secondary N) is 1. The molecule has 1 aromatic rings. The highest BCUT2D eigenvalue weighted by atomic mass is 16.2. The molecule has 2 unspecified atom stereocenters. The summed E-state index contributed by atoms with van der Waals surface area (Å²) in [7, 11) is 0. The van der Waals surface area contributed by atoms with Gasteiger partial charge in [0.1, 0.15) is 5.82 Å². The molecule has 3 fully saturated rings. The Labute approximate surface area is 160 Å².